The Balaban J connectivity index is 2.13. The molecule has 0 aliphatic carbocycles. The third-order valence-electron chi connectivity index (χ3n) is 2.30. The number of thiazole rings is 1. The monoisotopic (exact) mass is 304 g/mol. The van der Waals surface area contributed by atoms with Crippen LogP contribution in [0.4, 0.5) is 16.9 Å². The molecule has 5 N–H and O–H groups in total. The van der Waals surface area contributed by atoms with E-state index in [4.69, 9.17) is 10.2 Å². The zero-order chi connectivity index (χ0) is 12.9. The third-order valence-corrected chi connectivity index (χ3v) is 5.32. The van der Waals surface area contributed by atoms with Gasteiger partial charge in [-0.1, -0.05) is 11.3 Å². The summed E-state index contributed by atoms with van der Waals surface area (Å²) in [6.07, 6.45) is 1.92. The van der Waals surface area contributed by atoms with E-state index < -0.39 is 7.67 Å². The van der Waals surface area contributed by atoms with Crippen LogP contribution in [0.15, 0.2) is 14.7 Å². The normalized spacial score (nSPS) is 21.4. The quantitative estimate of drug-likeness (QED) is 0.494. The third kappa shape index (κ3) is 1.89. The van der Waals surface area contributed by atoms with Gasteiger partial charge in [0.15, 0.2) is 5.13 Å². The van der Waals surface area contributed by atoms with Crippen molar-refractivity contribution in [3.05, 3.63) is 6.07 Å². The van der Waals surface area contributed by atoms with E-state index >= 15 is 0 Å². The van der Waals surface area contributed by atoms with Gasteiger partial charge >= 0.3 is 7.67 Å². The Bertz CT molecular complexity index is 667. The smallest absolute Gasteiger partial charge is 0.393 e. The number of thioether (sulfide) groups is 1. The Morgan fingerprint density at radius 3 is 3.11 bits per heavy atom. The number of fused-ring (bicyclic) bond motifs is 2. The molecule has 18 heavy (non-hydrogen) atoms. The maximum atomic E-state index is 11.6. The number of hydrogen-bond donors (Lipinski definition) is 4. The minimum absolute atomic E-state index is 0.232. The van der Waals surface area contributed by atoms with Gasteiger partial charge in [0, 0.05) is 6.07 Å². The van der Waals surface area contributed by atoms with Gasteiger partial charge in [0.1, 0.15) is 5.69 Å². The summed E-state index contributed by atoms with van der Waals surface area (Å²) >= 11 is 2.88. The number of nitrogen functional groups attached to an aromatic ring is 1. The number of furan rings is 1. The molecule has 0 saturated heterocycles. The molecule has 0 saturated carbocycles. The van der Waals surface area contributed by atoms with Gasteiger partial charge < -0.3 is 15.0 Å². The summed E-state index contributed by atoms with van der Waals surface area (Å²) in [5.74, 6) is 0.471. The predicted molar refractivity (Wildman–Crippen MR) is 73.1 cm³/mol. The molecule has 3 heterocycles. The summed E-state index contributed by atoms with van der Waals surface area (Å²) in [6.45, 7) is 0. The first-order valence-electron chi connectivity index (χ1n) is 4.82. The van der Waals surface area contributed by atoms with E-state index in [1.54, 1.807) is 6.07 Å². The van der Waals surface area contributed by atoms with Gasteiger partial charge in [-0.25, -0.2) is 9.55 Å². The lowest BCUT2D eigenvalue weighted by Crippen LogP contribution is -2.06. The van der Waals surface area contributed by atoms with Crippen molar-refractivity contribution >= 4 is 47.7 Å². The molecular weight excluding hydrogens is 295 g/mol. The van der Waals surface area contributed by atoms with Gasteiger partial charge in [-0.2, -0.15) is 0 Å². The summed E-state index contributed by atoms with van der Waals surface area (Å²) in [4.78, 5) is 13.7. The summed E-state index contributed by atoms with van der Waals surface area (Å²) in [6, 6.07) is 1.63. The van der Waals surface area contributed by atoms with Crippen LogP contribution in [-0.4, -0.2) is 16.1 Å². The Labute approximate surface area is 110 Å². The number of aromatic nitrogens is 1. The molecule has 2 aromatic rings. The predicted octanol–water partition coefficient (Wildman–Crippen LogP) is 2.65. The van der Waals surface area contributed by atoms with Crippen molar-refractivity contribution in [3.63, 3.8) is 0 Å². The van der Waals surface area contributed by atoms with E-state index in [1.807, 2.05) is 6.26 Å². The molecule has 1 atom stereocenters. The summed E-state index contributed by atoms with van der Waals surface area (Å²) < 4.78 is 17.8. The largest absolute Gasteiger partial charge is 0.424 e. The molecule has 2 aromatic heterocycles. The van der Waals surface area contributed by atoms with Crippen LogP contribution >= 0.6 is 30.8 Å². The molecular formula is C8H9N4O3PS2. The van der Waals surface area contributed by atoms with Crippen molar-refractivity contribution in [2.24, 2.45) is 0 Å². The summed E-state index contributed by atoms with van der Waals surface area (Å²) in [5, 5.41) is 5.22. The molecule has 2 bridgehead atoms. The second-order valence-electron chi connectivity index (χ2n) is 3.55. The van der Waals surface area contributed by atoms with Crippen LogP contribution in [0.1, 0.15) is 0 Å². The van der Waals surface area contributed by atoms with Crippen molar-refractivity contribution in [1.82, 2.24) is 4.98 Å². The van der Waals surface area contributed by atoms with E-state index in [0.29, 0.717) is 16.4 Å². The lowest BCUT2D eigenvalue weighted by Gasteiger charge is -2.16. The van der Waals surface area contributed by atoms with Gasteiger partial charge in [-0.3, -0.25) is 10.2 Å². The molecule has 1 aliphatic rings. The van der Waals surface area contributed by atoms with E-state index in [0.717, 1.165) is 4.21 Å². The highest BCUT2D eigenvalue weighted by Gasteiger charge is 2.31. The van der Waals surface area contributed by atoms with Crippen molar-refractivity contribution in [1.29, 1.82) is 0 Å². The average molecular weight is 304 g/mol. The number of nitrogens with two attached hydrogens (primary N) is 1. The molecule has 0 radical (unpaired) electrons. The van der Waals surface area contributed by atoms with E-state index in [2.05, 4.69) is 15.2 Å². The van der Waals surface area contributed by atoms with Crippen molar-refractivity contribution in [2.45, 2.75) is 4.21 Å². The first-order valence-corrected chi connectivity index (χ1v) is 8.52. The maximum Gasteiger partial charge on any atom is 0.393 e. The van der Waals surface area contributed by atoms with Crippen molar-refractivity contribution in [2.75, 3.05) is 22.2 Å². The molecule has 3 rings (SSSR count). The van der Waals surface area contributed by atoms with Gasteiger partial charge in [-0.05, 0) is 6.26 Å². The number of nitrogens with one attached hydrogen (secondary N) is 2. The molecule has 0 spiro atoms. The second kappa shape index (κ2) is 3.92. The lowest BCUT2D eigenvalue weighted by molar-refractivity contribution is 0.478. The van der Waals surface area contributed by atoms with E-state index in [-0.39, 0.29) is 11.8 Å². The fourth-order valence-electron chi connectivity index (χ4n) is 1.65. The Hall–Kier alpha value is -1.15. The molecule has 1 aliphatic heterocycles. The van der Waals surface area contributed by atoms with Crippen molar-refractivity contribution < 1.29 is 13.9 Å². The highest BCUT2D eigenvalue weighted by atomic mass is 32.2. The molecule has 0 amide bonds. The Morgan fingerprint density at radius 1 is 1.61 bits per heavy atom. The first-order chi connectivity index (χ1) is 8.48. The van der Waals surface area contributed by atoms with Gasteiger partial charge in [0.05, 0.1) is 9.77 Å². The van der Waals surface area contributed by atoms with Crippen LogP contribution in [0.5, 0.6) is 0 Å². The minimum atomic E-state index is -3.62. The van der Waals surface area contributed by atoms with Gasteiger partial charge in [0.2, 0.25) is 11.8 Å². The van der Waals surface area contributed by atoms with Crippen LogP contribution < -0.4 is 15.9 Å². The molecule has 96 valence electrons. The van der Waals surface area contributed by atoms with E-state index in [1.165, 1.54) is 23.1 Å². The standard InChI is InChI=1S/C8H9N4O3PS2/c1-17-7-5(10-8(9)18-7)3-2-4-11-16(13,14)12-6(3)15-4/h2H,1H3,(H2,9,10)(H3,11,12,13,14). The Kier molecular flexibility index (Phi) is 2.60. The van der Waals surface area contributed by atoms with Crippen LogP contribution in [0.2, 0.25) is 0 Å². The number of hydrogen-bond acceptors (Lipinski definition) is 6. The van der Waals surface area contributed by atoms with Gasteiger partial charge in [0.25, 0.3) is 0 Å². The SMILES string of the molecule is CSc1sc(N)nc1-c1cc2oc1NP(=O)(O)N2. The van der Waals surface area contributed by atoms with Crippen LogP contribution in [0, 0.1) is 0 Å². The second-order valence-corrected chi connectivity index (χ2v) is 7.25. The number of nitrogens with zero attached hydrogens (tertiary/aromatic N) is 1. The van der Waals surface area contributed by atoms with Gasteiger partial charge in [-0.15, -0.1) is 11.8 Å². The topological polar surface area (TPSA) is 113 Å². The Morgan fingerprint density at radius 2 is 2.39 bits per heavy atom. The molecule has 7 nitrogen and oxygen atoms in total. The number of rotatable bonds is 2. The first kappa shape index (κ1) is 11.9. The summed E-state index contributed by atoms with van der Waals surface area (Å²) in [7, 11) is -3.62. The lowest BCUT2D eigenvalue weighted by atomic mass is 10.2. The number of anilines is 3. The fourth-order valence-corrected chi connectivity index (χ4v) is 4.07. The highest BCUT2D eigenvalue weighted by Crippen LogP contribution is 2.52. The molecule has 1 unspecified atom stereocenters. The average Bonchev–Trinajstić information content (AvgIpc) is 2.77. The van der Waals surface area contributed by atoms with Crippen LogP contribution in [-0.2, 0) is 4.57 Å². The summed E-state index contributed by atoms with van der Waals surface area (Å²) in [5.41, 5.74) is 6.97. The zero-order valence-electron chi connectivity index (χ0n) is 9.13. The highest BCUT2D eigenvalue weighted by molar-refractivity contribution is 8.00. The molecule has 10 heteroatoms. The van der Waals surface area contributed by atoms with Crippen molar-refractivity contribution in [3.8, 4) is 11.3 Å². The molecule has 0 aromatic carbocycles. The molecule has 0 fully saturated rings. The van der Waals surface area contributed by atoms with Crippen LogP contribution in [0.3, 0.4) is 0 Å². The van der Waals surface area contributed by atoms with Crippen LogP contribution in [0.25, 0.3) is 11.3 Å². The zero-order valence-corrected chi connectivity index (χ0v) is 11.7. The van der Waals surface area contributed by atoms with E-state index in [9.17, 15) is 9.46 Å². The maximum absolute atomic E-state index is 11.6. The minimum Gasteiger partial charge on any atom is -0.424 e. The fraction of sp³-hybridized carbons (Fsp3) is 0.125.